The fraction of sp³-hybridized carbons (Fsp3) is 0.312. The average molecular weight is 289 g/mol. The number of amides is 1. The minimum atomic E-state index is -0.164. The molecule has 112 valence electrons. The van der Waals surface area contributed by atoms with E-state index in [-0.39, 0.29) is 11.9 Å². The molecule has 0 unspecified atom stereocenters. The fourth-order valence-electron chi connectivity index (χ4n) is 2.06. The first-order chi connectivity index (χ1) is 10.1. The number of carbonyl (C=O) groups excluding carboxylic acids is 1. The quantitative estimate of drug-likeness (QED) is 0.888. The summed E-state index contributed by atoms with van der Waals surface area (Å²) in [6.07, 6.45) is 4.01. The molecule has 1 aromatic heterocycles. The van der Waals surface area contributed by atoms with Crippen LogP contribution in [-0.2, 0) is 6.42 Å². The molecular weight excluding hydrogens is 270 g/mol. The summed E-state index contributed by atoms with van der Waals surface area (Å²) in [5.74, 6) is 1.01. The Kier molecular flexibility index (Phi) is 4.87. The molecule has 0 saturated heterocycles. The Hall–Kier alpha value is -2.43. The van der Waals surface area contributed by atoms with Crippen molar-refractivity contribution in [2.75, 3.05) is 14.2 Å². The maximum Gasteiger partial charge on any atom is 0.251 e. The standard InChI is InChI=1S/C16H19NO4/c1-11(6-12-4-5-21-10-12)17-16(18)13-7-14(19-2)9-15(8-13)20-3/h4-5,7-11H,6H2,1-3H3,(H,17,18)/t11-/m1/s1. The molecule has 0 aliphatic carbocycles. The van der Waals surface area contributed by atoms with E-state index in [9.17, 15) is 4.79 Å². The lowest BCUT2D eigenvalue weighted by molar-refractivity contribution is 0.0939. The summed E-state index contributed by atoms with van der Waals surface area (Å²) in [6, 6.07) is 6.97. The second kappa shape index (κ2) is 6.83. The number of benzene rings is 1. The van der Waals surface area contributed by atoms with Gasteiger partial charge in [-0.3, -0.25) is 4.79 Å². The van der Waals surface area contributed by atoms with Crippen LogP contribution in [0.25, 0.3) is 0 Å². The topological polar surface area (TPSA) is 60.7 Å². The molecule has 0 aliphatic heterocycles. The highest BCUT2D eigenvalue weighted by Gasteiger charge is 2.13. The van der Waals surface area contributed by atoms with Gasteiger partial charge in [-0.15, -0.1) is 0 Å². The Labute approximate surface area is 123 Å². The van der Waals surface area contributed by atoms with Crippen LogP contribution in [0.4, 0.5) is 0 Å². The molecule has 1 aromatic carbocycles. The van der Waals surface area contributed by atoms with Crippen molar-refractivity contribution in [1.29, 1.82) is 0 Å². The van der Waals surface area contributed by atoms with Crippen molar-refractivity contribution >= 4 is 5.91 Å². The predicted octanol–water partition coefficient (Wildman–Crippen LogP) is 2.66. The molecular formula is C16H19NO4. The number of hydrogen-bond acceptors (Lipinski definition) is 4. The van der Waals surface area contributed by atoms with E-state index in [1.165, 1.54) is 0 Å². The molecule has 2 aromatic rings. The van der Waals surface area contributed by atoms with Gasteiger partial charge in [-0.2, -0.15) is 0 Å². The Balaban J connectivity index is 2.05. The monoisotopic (exact) mass is 289 g/mol. The number of methoxy groups -OCH3 is 2. The number of furan rings is 1. The van der Waals surface area contributed by atoms with E-state index in [0.29, 0.717) is 23.5 Å². The Bertz CT molecular complexity index is 570. The van der Waals surface area contributed by atoms with Crippen molar-refractivity contribution in [2.24, 2.45) is 0 Å². The second-order valence-corrected chi connectivity index (χ2v) is 4.81. The van der Waals surface area contributed by atoms with Crippen molar-refractivity contribution in [3.63, 3.8) is 0 Å². The molecule has 0 fully saturated rings. The van der Waals surface area contributed by atoms with Crippen LogP contribution in [0.2, 0.25) is 0 Å². The smallest absolute Gasteiger partial charge is 0.251 e. The third kappa shape index (κ3) is 4.02. The van der Waals surface area contributed by atoms with Gasteiger partial charge < -0.3 is 19.2 Å². The number of rotatable bonds is 6. The van der Waals surface area contributed by atoms with Gasteiger partial charge in [-0.25, -0.2) is 0 Å². The average Bonchev–Trinajstić information content (AvgIpc) is 2.99. The largest absolute Gasteiger partial charge is 0.497 e. The third-order valence-electron chi connectivity index (χ3n) is 3.11. The van der Waals surface area contributed by atoms with Gasteiger partial charge >= 0.3 is 0 Å². The van der Waals surface area contributed by atoms with Gasteiger partial charge in [0.05, 0.1) is 26.7 Å². The molecule has 0 radical (unpaired) electrons. The van der Waals surface area contributed by atoms with Crippen molar-refractivity contribution in [3.05, 3.63) is 47.9 Å². The van der Waals surface area contributed by atoms with E-state index in [4.69, 9.17) is 13.9 Å². The number of nitrogens with one attached hydrogen (secondary N) is 1. The fourth-order valence-corrected chi connectivity index (χ4v) is 2.06. The summed E-state index contributed by atoms with van der Waals surface area (Å²) in [5, 5.41) is 2.95. The van der Waals surface area contributed by atoms with Gasteiger partial charge in [0.15, 0.2) is 0 Å². The second-order valence-electron chi connectivity index (χ2n) is 4.81. The summed E-state index contributed by atoms with van der Waals surface area (Å²) < 4.78 is 15.4. The van der Waals surface area contributed by atoms with Crippen LogP contribution in [0.1, 0.15) is 22.8 Å². The number of ether oxygens (including phenoxy) is 2. The minimum absolute atomic E-state index is 0.00713. The Morgan fingerprint density at radius 3 is 2.43 bits per heavy atom. The molecule has 5 nitrogen and oxygen atoms in total. The summed E-state index contributed by atoms with van der Waals surface area (Å²) >= 11 is 0. The summed E-state index contributed by atoms with van der Waals surface area (Å²) in [4.78, 5) is 12.3. The maximum atomic E-state index is 12.3. The van der Waals surface area contributed by atoms with Crippen molar-refractivity contribution in [1.82, 2.24) is 5.32 Å². The van der Waals surface area contributed by atoms with Crippen LogP contribution >= 0.6 is 0 Å². The molecule has 5 heteroatoms. The lowest BCUT2D eigenvalue weighted by Gasteiger charge is -2.14. The molecule has 1 atom stereocenters. The highest BCUT2D eigenvalue weighted by Crippen LogP contribution is 2.22. The predicted molar refractivity (Wildman–Crippen MR) is 78.9 cm³/mol. The Morgan fingerprint density at radius 2 is 1.90 bits per heavy atom. The maximum absolute atomic E-state index is 12.3. The van der Waals surface area contributed by atoms with Crippen LogP contribution in [0.3, 0.4) is 0 Å². The van der Waals surface area contributed by atoms with Crippen LogP contribution in [0.5, 0.6) is 11.5 Å². The van der Waals surface area contributed by atoms with Gasteiger partial charge in [0.1, 0.15) is 11.5 Å². The molecule has 0 spiro atoms. The van der Waals surface area contributed by atoms with Gasteiger partial charge in [-0.1, -0.05) is 0 Å². The SMILES string of the molecule is COc1cc(OC)cc(C(=O)N[C@H](C)Cc2ccoc2)c1. The lowest BCUT2D eigenvalue weighted by atomic mass is 10.1. The first-order valence-corrected chi connectivity index (χ1v) is 6.67. The summed E-state index contributed by atoms with van der Waals surface area (Å²) in [6.45, 7) is 1.95. The lowest BCUT2D eigenvalue weighted by Crippen LogP contribution is -2.34. The zero-order valence-electron chi connectivity index (χ0n) is 12.4. The molecule has 0 bridgehead atoms. The number of carbonyl (C=O) groups is 1. The van der Waals surface area contributed by atoms with Crippen LogP contribution in [-0.4, -0.2) is 26.2 Å². The summed E-state index contributed by atoms with van der Waals surface area (Å²) in [5.41, 5.74) is 1.55. The van der Waals surface area contributed by atoms with E-state index >= 15 is 0 Å². The third-order valence-corrected chi connectivity index (χ3v) is 3.11. The first-order valence-electron chi connectivity index (χ1n) is 6.67. The van der Waals surface area contributed by atoms with Crippen molar-refractivity contribution in [3.8, 4) is 11.5 Å². The molecule has 0 saturated carbocycles. The summed E-state index contributed by atoms with van der Waals surface area (Å²) in [7, 11) is 3.11. The van der Waals surface area contributed by atoms with Gasteiger partial charge in [0, 0.05) is 17.7 Å². The highest BCUT2D eigenvalue weighted by molar-refractivity contribution is 5.95. The number of hydrogen-bond donors (Lipinski definition) is 1. The molecule has 1 amide bonds. The Morgan fingerprint density at radius 1 is 1.24 bits per heavy atom. The van der Waals surface area contributed by atoms with E-state index in [2.05, 4.69) is 5.32 Å². The first kappa shape index (κ1) is 15.0. The van der Waals surface area contributed by atoms with Crippen LogP contribution in [0, 0.1) is 0 Å². The van der Waals surface area contributed by atoms with E-state index in [1.807, 2.05) is 13.0 Å². The van der Waals surface area contributed by atoms with Gasteiger partial charge in [0.25, 0.3) is 5.91 Å². The highest BCUT2D eigenvalue weighted by atomic mass is 16.5. The zero-order chi connectivity index (χ0) is 15.2. The van der Waals surface area contributed by atoms with Crippen molar-refractivity contribution < 1.29 is 18.7 Å². The van der Waals surface area contributed by atoms with Crippen molar-refractivity contribution in [2.45, 2.75) is 19.4 Å². The van der Waals surface area contributed by atoms with E-state index in [1.54, 1.807) is 44.9 Å². The van der Waals surface area contributed by atoms with Crippen LogP contribution in [0.15, 0.2) is 41.2 Å². The molecule has 1 N–H and O–H groups in total. The van der Waals surface area contributed by atoms with E-state index in [0.717, 1.165) is 5.56 Å². The molecule has 21 heavy (non-hydrogen) atoms. The normalized spacial score (nSPS) is 11.8. The zero-order valence-corrected chi connectivity index (χ0v) is 12.4. The van der Waals surface area contributed by atoms with E-state index < -0.39 is 0 Å². The van der Waals surface area contributed by atoms with Crippen LogP contribution < -0.4 is 14.8 Å². The minimum Gasteiger partial charge on any atom is -0.497 e. The molecule has 0 aliphatic rings. The van der Waals surface area contributed by atoms with Gasteiger partial charge in [0.2, 0.25) is 0 Å². The molecule has 1 heterocycles. The molecule has 2 rings (SSSR count). The van der Waals surface area contributed by atoms with Gasteiger partial charge in [-0.05, 0) is 37.1 Å².